The van der Waals surface area contributed by atoms with E-state index in [-0.39, 0.29) is 17.6 Å². The van der Waals surface area contributed by atoms with Gasteiger partial charge in [-0.3, -0.25) is 14.5 Å². The van der Waals surface area contributed by atoms with Crippen LogP contribution in [0, 0.1) is 6.92 Å². The van der Waals surface area contributed by atoms with Gasteiger partial charge in [-0.1, -0.05) is 54.3 Å². The smallest absolute Gasteiger partial charge is 0.266 e. The van der Waals surface area contributed by atoms with Crippen molar-refractivity contribution in [3.05, 3.63) is 64.6 Å². The van der Waals surface area contributed by atoms with Crippen molar-refractivity contribution in [1.29, 1.82) is 0 Å². The van der Waals surface area contributed by atoms with E-state index in [2.05, 4.69) is 5.32 Å². The number of carbonyl (C=O) groups excluding carboxylic acids is 2. The number of phenolic OH excluding ortho intramolecular Hbond substituents is 1. The van der Waals surface area contributed by atoms with Crippen LogP contribution in [0.15, 0.2) is 53.4 Å². The van der Waals surface area contributed by atoms with Gasteiger partial charge in [0, 0.05) is 24.2 Å². The molecule has 1 heterocycles. The number of anilines is 1. The Morgan fingerprint density at radius 1 is 1.25 bits per heavy atom. The third-order valence-electron chi connectivity index (χ3n) is 4.18. The van der Waals surface area contributed by atoms with Gasteiger partial charge in [0.1, 0.15) is 10.1 Å². The van der Waals surface area contributed by atoms with Gasteiger partial charge in [-0.2, -0.15) is 0 Å². The number of para-hydroxylation sites is 1. The molecule has 1 aliphatic rings. The monoisotopic (exact) mass is 412 g/mol. The number of hydrogen-bond acceptors (Lipinski definition) is 5. The molecule has 0 saturated carbocycles. The lowest BCUT2D eigenvalue weighted by Gasteiger charge is -2.14. The van der Waals surface area contributed by atoms with Gasteiger partial charge in [-0.25, -0.2) is 0 Å². The molecule has 5 nitrogen and oxygen atoms in total. The Morgan fingerprint density at radius 2 is 2.04 bits per heavy atom. The first-order valence-electron chi connectivity index (χ1n) is 8.84. The minimum Gasteiger partial charge on any atom is -0.507 e. The lowest BCUT2D eigenvalue weighted by molar-refractivity contribution is -0.122. The molecule has 1 saturated heterocycles. The van der Waals surface area contributed by atoms with Crippen LogP contribution in [-0.2, 0) is 9.59 Å². The Hall–Kier alpha value is -2.64. The minimum atomic E-state index is -0.197. The van der Waals surface area contributed by atoms with Crippen molar-refractivity contribution in [2.24, 2.45) is 0 Å². The maximum Gasteiger partial charge on any atom is 0.266 e. The summed E-state index contributed by atoms with van der Waals surface area (Å²) in [5, 5.41) is 12.7. The van der Waals surface area contributed by atoms with E-state index in [0.29, 0.717) is 34.2 Å². The normalized spacial score (nSPS) is 15.3. The number of thiocarbonyl (C=S) groups is 1. The molecule has 0 aromatic heterocycles. The fraction of sp³-hybridized carbons (Fsp3) is 0.190. The molecule has 0 bridgehead atoms. The van der Waals surface area contributed by atoms with E-state index in [1.807, 2.05) is 31.2 Å². The van der Waals surface area contributed by atoms with E-state index in [4.69, 9.17) is 12.2 Å². The Balaban J connectivity index is 1.55. The van der Waals surface area contributed by atoms with E-state index in [1.54, 1.807) is 30.3 Å². The second-order valence-electron chi connectivity index (χ2n) is 6.41. The number of carbonyl (C=O) groups is 2. The first-order valence-corrected chi connectivity index (χ1v) is 10.1. The number of phenols is 1. The summed E-state index contributed by atoms with van der Waals surface area (Å²) in [6, 6.07) is 14.4. The van der Waals surface area contributed by atoms with E-state index >= 15 is 0 Å². The van der Waals surface area contributed by atoms with Crippen LogP contribution in [0.5, 0.6) is 5.75 Å². The van der Waals surface area contributed by atoms with Crippen molar-refractivity contribution in [3.63, 3.8) is 0 Å². The third kappa shape index (κ3) is 4.99. The maximum absolute atomic E-state index is 12.6. The Bertz CT molecular complexity index is 956. The highest BCUT2D eigenvalue weighted by molar-refractivity contribution is 8.26. The van der Waals surface area contributed by atoms with Gasteiger partial charge in [0.15, 0.2) is 0 Å². The quantitative estimate of drug-likeness (QED) is 0.546. The van der Waals surface area contributed by atoms with Gasteiger partial charge >= 0.3 is 0 Å². The number of rotatable bonds is 6. The molecular weight excluding hydrogens is 392 g/mol. The summed E-state index contributed by atoms with van der Waals surface area (Å²) in [5.41, 5.74) is 2.41. The molecule has 2 aromatic carbocycles. The summed E-state index contributed by atoms with van der Waals surface area (Å²) >= 11 is 6.51. The average molecular weight is 413 g/mol. The first kappa shape index (κ1) is 20.1. The summed E-state index contributed by atoms with van der Waals surface area (Å²) in [6.45, 7) is 2.34. The number of aryl methyl sites for hydroxylation is 1. The molecule has 3 rings (SSSR count). The number of amides is 2. The van der Waals surface area contributed by atoms with Gasteiger partial charge in [0.05, 0.1) is 4.91 Å². The highest BCUT2D eigenvalue weighted by Crippen LogP contribution is 2.34. The predicted molar refractivity (Wildman–Crippen MR) is 117 cm³/mol. The van der Waals surface area contributed by atoms with Crippen LogP contribution in [0.1, 0.15) is 24.0 Å². The van der Waals surface area contributed by atoms with E-state index in [9.17, 15) is 14.7 Å². The molecule has 0 radical (unpaired) electrons. The molecule has 1 fully saturated rings. The third-order valence-corrected chi connectivity index (χ3v) is 5.56. The summed E-state index contributed by atoms with van der Waals surface area (Å²) in [7, 11) is 0. The fourth-order valence-corrected chi connectivity index (χ4v) is 4.09. The van der Waals surface area contributed by atoms with E-state index in [0.717, 1.165) is 11.3 Å². The van der Waals surface area contributed by atoms with Gasteiger partial charge in [0.2, 0.25) is 5.91 Å². The molecule has 0 spiro atoms. The standard InChI is InChI=1S/C21H20N2O3S2/c1-14-6-4-8-16(12-14)22-19(25)10-5-11-23-20(26)18(28-21(23)27)13-15-7-2-3-9-17(15)24/h2-4,6-9,12-13,24H,5,10-11H2,1H3,(H,22,25)/b18-13-. The summed E-state index contributed by atoms with van der Waals surface area (Å²) in [4.78, 5) is 26.7. The number of benzene rings is 2. The molecule has 0 unspecified atom stereocenters. The van der Waals surface area contributed by atoms with Crippen LogP contribution in [0.25, 0.3) is 6.08 Å². The lowest BCUT2D eigenvalue weighted by Crippen LogP contribution is -2.29. The number of hydrogen-bond donors (Lipinski definition) is 2. The second kappa shape index (κ2) is 9.03. The Labute approximate surface area is 173 Å². The SMILES string of the molecule is Cc1cccc(NC(=O)CCCN2C(=O)/C(=C/c3ccccc3O)SC2=S)c1. The fourth-order valence-electron chi connectivity index (χ4n) is 2.79. The molecule has 1 aliphatic heterocycles. The lowest BCUT2D eigenvalue weighted by atomic mass is 10.2. The van der Waals surface area contributed by atoms with Crippen LogP contribution in [0.4, 0.5) is 5.69 Å². The molecule has 2 N–H and O–H groups in total. The molecule has 144 valence electrons. The van der Waals surface area contributed by atoms with Crippen molar-refractivity contribution in [2.45, 2.75) is 19.8 Å². The van der Waals surface area contributed by atoms with Gasteiger partial charge < -0.3 is 10.4 Å². The molecular formula is C21H20N2O3S2. The zero-order valence-electron chi connectivity index (χ0n) is 15.3. The van der Waals surface area contributed by atoms with Crippen LogP contribution in [0.3, 0.4) is 0 Å². The number of thioether (sulfide) groups is 1. The molecule has 0 aliphatic carbocycles. The van der Waals surface area contributed by atoms with Gasteiger partial charge in [0.25, 0.3) is 5.91 Å². The maximum atomic E-state index is 12.6. The first-order chi connectivity index (χ1) is 13.4. The van der Waals surface area contributed by atoms with Crippen molar-refractivity contribution in [3.8, 4) is 5.75 Å². The number of nitrogens with one attached hydrogen (secondary N) is 1. The number of aromatic hydroxyl groups is 1. The van der Waals surface area contributed by atoms with Crippen molar-refractivity contribution in [2.75, 3.05) is 11.9 Å². The Morgan fingerprint density at radius 3 is 2.79 bits per heavy atom. The van der Waals surface area contributed by atoms with Crippen LogP contribution < -0.4 is 5.32 Å². The minimum absolute atomic E-state index is 0.0965. The zero-order chi connectivity index (χ0) is 20.1. The topological polar surface area (TPSA) is 69.6 Å². The second-order valence-corrected chi connectivity index (χ2v) is 8.09. The number of nitrogens with zero attached hydrogens (tertiary/aromatic N) is 1. The highest BCUT2D eigenvalue weighted by atomic mass is 32.2. The highest BCUT2D eigenvalue weighted by Gasteiger charge is 2.31. The molecule has 0 atom stereocenters. The molecule has 2 aromatic rings. The van der Waals surface area contributed by atoms with Crippen LogP contribution in [-0.4, -0.2) is 32.7 Å². The van der Waals surface area contributed by atoms with E-state index in [1.165, 1.54) is 16.7 Å². The van der Waals surface area contributed by atoms with Crippen LogP contribution in [0.2, 0.25) is 0 Å². The summed E-state index contributed by atoms with van der Waals surface area (Å²) < 4.78 is 0.464. The predicted octanol–water partition coefficient (Wildman–Crippen LogP) is 4.32. The van der Waals surface area contributed by atoms with Crippen LogP contribution >= 0.6 is 24.0 Å². The Kier molecular flexibility index (Phi) is 6.49. The van der Waals surface area contributed by atoms with E-state index < -0.39 is 0 Å². The zero-order valence-corrected chi connectivity index (χ0v) is 17.0. The molecule has 28 heavy (non-hydrogen) atoms. The summed E-state index contributed by atoms with van der Waals surface area (Å²) in [5.74, 6) is -0.182. The molecule has 2 amide bonds. The molecule has 7 heteroatoms. The average Bonchev–Trinajstić information content (AvgIpc) is 2.91. The largest absolute Gasteiger partial charge is 0.507 e. The van der Waals surface area contributed by atoms with Crippen molar-refractivity contribution in [1.82, 2.24) is 4.90 Å². The summed E-state index contributed by atoms with van der Waals surface area (Å²) in [6.07, 6.45) is 2.44. The van der Waals surface area contributed by atoms with Gasteiger partial charge in [-0.05, 0) is 43.2 Å². The van der Waals surface area contributed by atoms with Crippen molar-refractivity contribution >= 4 is 51.9 Å². The van der Waals surface area contributed by atoms with Crippen molar-refractivity contribution < 1.29 is 14.7 Å². The van der Waals surface area contributed by atoms with Gasteiger partial charge in [-0.15, -0.1) is 0 Å².